The topological polar surface area (TPSA) is 40.5 Å². The molecule has 1 aliphatic rings. The van der Waals surface area contributed by atoms with Gasteiger partial charge in [-0.1, -0.05) is 12.1 Å². The Bertz CT molecular complexity index is 394. The Balaban J connectivity index is 2.12. The number of halogens is 1. The highest BCUT2D eigenvalue weighted by Crippen LogP contribution is 2.23. The van der Waals surface area contributed by atoms with Crippen molar-refractivity contribution in [2.75, 3.05) is 19.0 Å². The molecule has 0 radical (unpaired) electrons. The number of para-hydroxylation sites is 1. The molecule has 1 aliphatic heterocycles. The Morgan fingerprint density at radius 1 is 1.50 bits per heavy atom. The third-order valence-corrected chi connectivity index (χ3v) is 3.36. The first-order valence-corrected chi connectivity index (χ1v) is 5.89. The van der Waals surface area contributed by atoms with E-state index in [4.69, 9.17) is 11.6 Å². The summed E-state index contributed by atoms with van der Waals surface area (Å²) < 4.78 is 0. The molecule has 0 bridgehead atoms. The molecule has 0 aliphatic carbocycles. The van der Waals surface area contributed by atoms with Crippen LogP contribution in [-0.2, 0) is 0 Å². The molecular formula is C12H14ClNO2. The molecule has 0 saturated carbocycles. The highest BCUT2D eigenvalue weighted by Gasteiger charge is 2.27. The van der Waals surface area contributed by atoms with Gasteiger partial charge in [0.05, 0.1) is 5.56 Å². The monoisotopic (exact) mass is 239 g/mol. The number of alkyl halides is 1. The van der Waals surface area contributed by atoms with E-state index >= 15 is 0 Å². The van der Waals surface area contributed by atoms with Crippen molar-refractivity contribution in [3.63, 3.8) is 0 Å². The van der Waals surface area contributed by atoms with Crippen molar-refractivity contribution in [1.82, 2.24) is 4.90 Å². The predicted octanol–water partition coefficient (Wildman–Crippen LogP) is 2.09. The summed E-state index contributed by atoms with van der Waals surface area (Å²) in [6.07, 6.45) is 0.947. The van der Waals surface area contributed by atoms with E-state index < -0.39 is 0 Å². The normalized spacial score (nSPS) is 20.1. The molecule has 86 valence electrons. The summed E-state index contributed by atoms with van der Waals surface area (Å²) in [6, 6.07) is 6.63. The van der Waals surface area contributed by atoms with E-state index in [-0.39, 0.29) is 11.7 Å². The fourth-order valence-corrected chi connectivity index (χ4v) is 2.22. The number of benzene rings is 1. The van der Waals surface area contributed by atoms with Crippen LogP contribution in [0.2, 0.25) is 0 Å². The highest BCUT2D eigenvalue weighted by atomic mass is 35.5. The summed E-state index contributed by atoms with van der Waals surface area (Å²) >= 11 is 5.77. The maximum absolute atomic E-state index is 12.1. The standard InChI is InChI=1S/C12H14ClNO2/c13-7-9-5-6-14(8-9)12(16)10-3-1-2-4-11(10)15/h1-4,9,15H,5-8H2. The molecule has 1 aromatic carbocycles. The molecule has 1 heterocycles. The van der Waals surface area contributed by atoms with Crippen LogP contribution in [0.1, 0.15) is 16.8 Å². The van der Waals surface area contributed by atoms with Gasteiger partial charge in [-0.25, -0.2) is 0 Å². The number of amides is 1. The van der Waals surface area contributed by atoms with Crippen molar-refractivity contribution in [2.45, 2.75) is 6.42 Å². The van der Waals surface area contributed by atoms with E-state index in [1.165, 1.54) is 6.07 Å². The van der Waals surface area contributed by atoms with Gasteiger partial charge < -0.3 is 10.0 Å². The van der Waals surface area contributed by atoms with Gasteiger partial charge in [-0.15, -0.1) is 11.6 Å². The largest absolute Gasteiger partial charge is 0.507 e. The minimum atomic E-state index is -0.106. The zero-order valence-electron chi connectivity index (χ0n) is 8.90. The Labute approximate surface area is 99.6 Å². The fraction of sp³-hybridized carbons (Fsp3) is 0.417. The number of aromatic hydroxyl groups is 1. The van der Waals surface area contributed by atoms with Gasteiger partial charge >= 0.3 is 0 Å². The lowest BCUT2D eigenvalue weighted by Crippen LogP contribution is -2.28. The molecule has 0 aromatic heterocycles. The molecule has 1 N–H and O–H groups in total. The van der Waals surface area contributed by atoms with Crippen LogP contribution in [0.3, 0.4) is 0 Å². The second-order valence-electron chi connectivity index (χ2n) is 4.08. The van der Waals surface area contributed by atoms with E-state index in [0.717, 1.165) is 13.0 Å². The Morgan fingerprint density at radius 2 is 2.25 bits per heavy atom. The van der Waals surface area contributed by atoms with Crippen molar-refractivity contribution in [3.05, 3.63) is 29.8 Å². The molecule has 0 spiro atoms. The lowest BCUT2D eigenvalue weighted by molar-refractivity contribution is 0.0785. The molecule has 4 heteroatoms. The maximum Gasteiger partial charge on any atom is 0.257 e. The van der Waals surface area contributed by atoms with Crippen molar-refractivity contribution in [1.29, 1.82) is 0 Å². The van der Waals surface area contributed by atoms with Crippen molar-refractivity contribution < 1.29 is 9.90 Å². The second-order valence-corrected chi connectivity index (χ2v) is 4.39. The summed E-state index contributed by atoms with van der Waals surface area (Å²) in [7, 11) is 0. The number of hydrogen-bond acceptors (Lipinski definition) is 2. The van der Waals surface area contributed by atoms with E-state index in [9.17, 15) is 9.90 Å². The van der Waals surface area contributed by atoms with Gasteiger partial charge in [0.2, 0.25) is 0 Å². The molecule has 1 amide bonds. The number of nitrogens with zero attached hydrogens (tertiary/aromatic N) is 1. The van der Waals surface area contributed by atoms with Crippen LogP contribution in [0, 0.1) is 5.92 Å². The third kappa shape index (κ3) is 2.14. The molecule has 1 fully saturated rings. The number of likely N-dealkylation sites (tertiary alicyclic amines) is 1. The van der Waals surface area contributed by atoms with Gasteiger partial charge in [0.15, 0.2) is 0 Å². The summed E-state index contributed by atoms with van der Waals surface area (Å²) in [5.41, 5.74) is 0.373. The first kappa shape index (κ1) is 11.3. The van der Waals surface area contributed by atoms with E-state index in [0.29, 0.717) is 23.9 Å². The molecule has 1 atom stereocenters. The minimum absolute atomic E-state index is 0.0434. The molecule has 16 heavy (non-hydrogen) atoms. The zero-order valence-corrected chi connectivity index (χ0v) is 9.65. The van der Waals surface area contributed by atoms with E-state index in [1.54, 1.807) is 23.1 Å². The van der Waals surface area contributed by atoms with Gasteiger partial charge in [0.1, 0.15) is 5.75 Å². The van der Waals surface area contributed by atoms with Crippen LogP contribution < -0.4 is 0 Å². The van der Waals surface area contributed by atoms with Crippen LogP contribution in [0.25, 0.3) is 0 Å². The average molecular weight is 240 g/mol. The van der Waals surface area contributed by atoms with Crippen LogP contribution in [0.15, 0.2) is 24.3 Å². The maximum atomic E-state index is 12.1. The average Bonchev–Trinajstić information content (AvgIpc) is 2.77. The van der Waals surface area contributed by atoms with Gasteiger partial charge in [0, 0.05) is 19.0 Å². The smallest absolute Gasteiger partial charge is 0.257 e. The summed E-state index contributed by atoms with van der Waals surface area (Å²) in [5.74, 6) is 0.911. The molecule has 2 rings (SSSR count). The quantitative estimate of drug-likeness (QED) is 0.803. The molecule has 3 nitrogen and oxygen atoms in total. The first-order valence-electron chi connectivity index (χ1n) is 5.35. The Morgan fingerprint density at radius 3 is 2.88 bits per heavy atom. The Hall–Kier alpha value is -1.22. The number of phenols is 1. The summed E-state index contributed by atoms with van der Waals surface area (Å²) in [6.45, 7) is 1.42. The molecule has 1 aromatic rings. The van der Waals surface area contributed by atoms with Crippen LogP contribution in [0.4, 0.5) is 0 Å². The third-order valence-electron chi connectivity index (χ3n) is 2.93. The Kier molecular flexibility index (Phi) is 3.34. The predicted molar refractivity (Wildman–Crippen MR) is 62.8 cm³/mol. The number of hydrogen-bond donors (Lipinski definition) is 1. The van der Waals surface area contributed by atoms with Gasteiger partial charge in [-0.2, -0.15) is 0 Å². The van der Waals surface area contributed by atoms with Crippen molar-refractivity contribution in [3.8, 4) is 5.75 Å². The lowest BCUT2D eigenvalue weighted by atomic mass is 10.1. The fourth-order valence-electron chi connectivity index (χ4n) is 1.97. The van der Waals surface area contributed by atoms with Crippen molar-refractivity contribution in [2.24, 2.45) is 5.92 Å². The SMILES string of the molecule is O=C(c1ccccc1O)N1CCC(CCl)C1. The number of carbonyl (C=O) groups excluding carboxylic acids is 1. The lowest BCUT2D eigenvalue weighted by Gasteiger charge is -2.16. The van der Waals surface area contributed by atoms with Gasteiger partial charge in [-0.05, 0) is 24.5 Å². The van der Waals surface area contributed by atoms with Crippen LogP contribution >= 0.6 is 11.6 Å². The van der Waals surface area contributed by atoms with E-state index in [2.05, 4.69) is 0 Å². The van der Waals surface area contributed by atoms with Gasteiger partial charge in [0.25, 0.3) is 5.91 Å². The molecule has 1 unspecified atom stereocenters. The zero-order chi connectivity index (χ0) is 11.5. The number of phenolic OH excluding ortho intramolecular Hbond substituents is 1. The summed E-state index contributed by atoms with van der Waals surface area (Å²) in [4.78, 5) is 13.8. The van der Waals surface area contributed by atoms with E-state index in [1.807, 2.05) is 0 Å². The van der Waals surface area contributed by atoms with Crippen molar-refractivity contribution >= 4 is 17.5 Å². The molecule has 1 saturated heterocycles. The minimum Gasteiger partial charge on any atom is -0.507 e. The van der Waals surface area contributed by atoms with Gasteiger partial charge in [-0.3, -0.25) is 4.79 Å². The first-order chi connectivity index (χ1) is 7.72. The highest BCUT2D eigenvalue weighted by molar-refractivity contribution is 6.18. The summed E-state index contributed by atoms with van der Waals surface area (Å²) in [5, 5.41) is 9.59. The second kappa shape index (κ2) is 4.74. The van der Waals surface area contributed by atoms with Crippen LogP contribution in [-0.4, -0.2) is 34.9 Å². The number of carbonyl (C=O) groups is 1. The van der Waals surface area contributed by atoms with Crippen LogP contribution in [0.5, 0.6) is 5.75 Å². The molecular weight excluding hydrogens is 226 g/mol. The number of rotatable bonds is 2.